The van der Waals surface area contributed by atoms with Crippen LogP contribution in [0, 0.1) is 35.7 Å². The third kappa shape index (κ3) is 2.97. The molecule has 1 amide bonds. The number of hydrogen-bond donors (Lipinski definition) is 6. The van der Waals surface area contributed by atoms with E-state index >= 15 is 0 Å². The minimum absolute atomic E-state index is 0.0343. The third-order valence-electron chi connectivity index (χ3n) is 7.92. The number of fused-ring (bicyclic) bond motifs is 3. The van der Waals surface area contributed by atoms with Gasteiger partial charge in [0, 0.05) is 3.57 Å². The van der Waals surface area contributed by atoms with Gasteiger partial charge >= 0.3 is 0 Å². The van der Waals surface area contributed by atoms with E-state index in [0.29, 0.717) is 3.57 Å². The summed E-state index contributed by atoms with van der Waals surface area (Å²) >= 11 is 3.62. The number of benzene rings is 1. The van der Waals surface area contributed by atoms with Gasteiger partial charge in [0.1, 0.15) is 11.7 Å². The molecule has 2 saturated carbocycles. The number of primary amides is 1. The molecule has 15 heteroatoms. The molecule has 3 aliphatic rings. The van der Waals surface area contributed by atoms with E-state index < -0.39 is 81.3 Å². The molecule has 0 heterocycles. The van der Waals surface area contributed by atoms with Crippen LogP contribution in [-0.4, -0.2) is 81.5 Å². The van der Waals surface area contributed by atoms with Crippen LogP contribution < -0.4 is 22.9 Å². The molecule has 1 aromatic rings. The predicted octanol–water partition coefficient (Wildman–Crippen LogP) is -2.55. The topological polar surface area (TPSA) is 257 Å². The summed E-state index contributed by atoms with van der Waals surface area (Å²) < 4.78 is 0.633. The first kappa shape index (κ1) is 27.9. The number of halogens is 2. The van der Waals surface area contributed by atoms with Crippen molar-refractivity contribution < 1.29 is 34.2 Å². The van der Waals surface area contributed by atoms with E-state index in [2.05, 4.69) is 0 Å². The van der Waals surface area contributed by atoms with Crippen LogP contribution in [0.3, 0.4) is 0 Å². The maximum atomic E-state index is 14.2. The van der Waals surface area contributed by atoms with Crippen molar-refractivity contribution in [1.29, 1.82) is 5.26 Å². The van der Waals surface area contributed by atoms with Crippen LogP contribution in [0.2, 0.25) is 0 Å². The third-order valence-corrected chi connectivity index (χ3v) is 9.63. The van der Waals surface area contributed by atoms with Gasteiger partial charge in [0.2, 0.25) is 5.91 Å². The molecule has 0 aliphatic heterocycles. The molecule has 2 unspecified atom stereocenters. The molecule has 196 valence electrons. The average Bonchev–Trinajstić information content (AvgIpc) is 2.78. The van der Waals surface area contributed by atoms with Crippen molar-refractivity contribution in [2.45, 2.75) is 29.3 Å². The van der Waals surface area contributed by atoms with Crippen LogP contribution in [-0.2, 0) is 19.2 Å². The Morgan fingerprint density at radius 3 is 2.19 bits per heavy atom. The number of hydrogen-bond acceptors (Lipinski definition) is 12. The quantitative estimate of drug-likeness (QED) is 0.136. The Labute approximate surface area is 237 Å². The molecule has 0 spiro atoms. The maximum absolute atomic E-state index is 14.2. The Kier molecular flexibility index (Phi) is 6.39. The van der Waals surface area contributed by atoms with Gasteiger partial charge in [-0.25, -0.2) is 0 Å². The van der Waals surface area contributed by atoms with Crippen LogP contribution in [0.4, 0.5) is 0 Å². The van der Waals surface area contributed by atoms with E-state index in [1.807, 2.05) is 22.6 Å². The van der Waals surface area contributed by atoms with Crippen LogP contribution in [0.15, 0.2) is 6.07 Å². The number of aliphatic hydroxyl groups excluding tert-OH is 1. The number of aliphatic hydroxyl groups is 1. The molecule has 4 rings (SSSR count). The molecule has 3 aliphatic carbocycles. The number of phenolic OH excluding ortho intramolecular Hbond substituents is 1. The number of carbonyl (C=O) groups is 5. The molecule has 0 radical (unpaired) electrons. The Hall–Kier alpha value is -2.08. The fourth-order valence-corrected chi connectivity index (χ4v) is 8.38. The number of nitrogens with two attached hydrogens (primary N) is 4. The number of rotatable bonds is 2. The molecular formula is C22H22I2N6O7. The van der Waals surface area contributed by atoms with Crippen molar-refractivity contribution in [3.63, 3.8) is 0 Å². The maximum Gasteiger partial charge on any atom is 0.235 e. The molecule has 13 nitrogen and oxygen atoms in total. The standard InChI is InChI=1S/C22H22I2N6O7/c1-30(2)15-13(33)9(18(27)36)16(34)20(4-25)17(35)10-12(32)8-7(5(23)3-6(24)11(8)31)14(26)21(10,28)19(37)22(15,20)29/h3,9-10,14-15,19,31,37H,26,28-29H2,1-2H3,(H2,27,36)/t9?,10?,14-,15+,19-,20-,21+,22-/m0/s1. The lowest BCUT2D eigenvalue weighted by atomic mass is 9.41. The zero-order valence-corrected chi connectivity index (χ0v) is 23.7. The van der Waals surface area contributed by atoms with Gasteiger partial charge in [-0.2, -0.15) is 5.26 Å². The lowest BCUT2D eigenvalue weighted by Gasteiger charge is -2.64. The van der Waals surface area contributed by atoms with E-state index in [1.165, 1.54) is 20.2 Å². The monoisotopic (exact) mass is 736 g/mol. The molecule has 8 atom stereocenters. The summed E-state index contributed by atoms with van der Waals surface area (Å²) in [5.41, 5.74) is 16.5. The minimum Gasteiger partial charge on any atom is -0.506 e. The zero-order chi connectivity index (χ0) is 28.2. The number of nitrogens with zero attached hydrogens (tertiary/aromatic N) is 2. The highest BCUT2D eigenvalue weighted by molar-refractivity contribution is 14.1. The average molecular weight is 736 g/mol. The van der Waals surface area contributed by atoms with Crippen molar-refractivity contribution in [2.24, 2.45) is 40.2 Å². The van der Waals surface area contributed by atoms with Crippen molar-refractivity contribution in [3.05, 3.63) is 24.3 Å². The van der Waals surface area contributed by atoms with Gasteiger partial charge in [-0.1, -0.05) is 0 Å². The van der Waals surface area contributed by atoms with Crippen molar-refractivity contribution in [1.82, 2.24) is 4.90 Å². The lowest BCUT2D eigenvalue weighted by molar-refractivity contribution is -0.181. The molecule has 0 bridgehead atoms. The Morgan fingerprint density at radius 2 is 1.70 bits per heavy atom. The number of likely N-dealkylation sites (N-methyl/N-ethyl adjacent to an activating group) is 1. The van der Waals surface area contributed by atoms with Crippen LogP contribution in [0.5, 0.6) is 5.75 Å². The summed E-state index contributed by atoms with van der Waals surface area (Å²) in [6.07, 6.45) is -2.28. The number of aromatic hydroxyl groups is 1. The van der Waals surface area contributed by atoms with E-state index in [4.69, 9.17) is 22.9 Å². The lowest BCUT2D eigenvalue weighted by Crippen LogP contribution is -2.92. The van der Waals surface area contributed by atoms with Crippen molar-refractivity contribution >= 4 is 74.2 Å². The summed E-state index contributed by atoms with van der Waals surface area (Å²) in [6, 6.07) is -0.247. The van der Waals surface area contributed by atoms with E-state index in [0.717, 1.165) is 4.90 Å². The second-order valence-electron chi connectivity index (χ2n) is 9.78. The second kappa shape index (κ2) is 8.46. The van der Waals surface area contributed by atoms with Crippen LogP contribution in [0.1, 0.15) is 22.0 Å². The number of carbonyl (C=O) groups excluding carboxylic acids is 5. The smallest absolute Gasteiger partial charge is 0.235 e. The van der Waals surface area contributed by atoms with E-state index in [-0.39, 0.29) is 14.7 Å². The van der Waals surface area contributed by atoms with Gasteiger partial charge in [-0.15, -0.1) is 0 Å². The molecule has 10 N–H and O–H groups in total. The molecule has 0 aromatic heterocycles. The molecule has 37 heavy (non-hydrogen) atoms. The molecule has 0 saturated heterocycles. The highest BCUT2D eigenvalue weighted by Crippen LogP contribution is 2.58. The molecular weight excluding hydrogens is 714 g/mol. The highest BCUT2D eigenvalue weighted by atomic mass is 127. The fourth-order valence-electron chi connectivity index (χ4n) is 6.29. The van der Waals surface area contributed by atoms with Gasteiger partial charge in [-0.05, 0) is 70.9 Å². The van der Waals surface area contributed by atoms with E-state index in [9.17, 15) is 39.4 Å². The van der Waals surface area contributed by atoms with Crippen LogP contribution >= 0.6 is 45.2 Å². The summed E-state index contributed by atoms with van der Waals surface area (Å²) in [5, 5.41) is 32.9. The molecule has 2 fully saturated rings. The number of nitriles is 1. The number of amides is 1. The normalized spacial score (nSPS) is 39.1. The first-order valence-corrected chi connectivity index (χ1v) is 12.9. The summed E-state index contributed by atoms with van der Waals surface area (Å²) in [4.78, 5) is 68.5. The first-order chi connectivity index (χ1) is 17.0. The summed E-state index contributed by atoms with van der Waals surface area (Å²) in [5.74, 6) is -11.5. The number of ketones is 4. The van der Waals surface area contributed by atoms with Gasteiger partial charge in [-0.3, -0.25) is 28.9 Å². The zero-order valence-electron chi connectivity index (χ0n) is 19.4. The highest BCUT2D eigenvalue weighted by Gasteiger charge is 2.83. The summed E-state index contributed by atoms with van der Waals surface area (Å²) in [6.45, 7) is 0. The largest absolute Gasteiger partial charge is 0.506 e. The number of Topliss-reactive ketones (excluding diaryl/α,β-unsaturated/α-hetero) is 4. The molecule has 1 aromatic carbocycles. The van der Waals surface area contributed by atoms with Crippen LogP contribution in [0.25, 0.3) is 0 Å². The Morgan fingerprint density at radius 1 is 1.14 bits per heavy atom. The first-order valence-electron chi connectivity index (χ1n) is 10.7. The Bertz CT molecular complexity index is 1380. The SMILES string of the molecule is CN(C)[C@@H]1C(=O)C(C(N)=O)C(=O)[C@@]2(C#N)C(=O)C3C(=O)c4c(O)c(I)cc(I)c4[C@H](N)[C@@]3(N)[C@H](O)[C@@]12N. The number of phenols is 1. The van der Waals surface area contributed by atoms with Gasteiger partial charge in [0.15, 0.2) is 34.5 Å². The summed E-state index contributed by atoms with van der Waals surface area (Å²) in [7, 11) is 2.65. The van der Waals surface area contributed by atoms with Crippen molar-refractivity contribution in [3.8, 4) is 11.8 Å². The second-order valence-corrected chi connectivity index (χ2v) is 12.1. The van der Waals surface area contributed by atoms with Gasteiger partial charge in [0.05, 0.1) is 44.5 Å². The van der Waals surface area contributed by atoms with Gasteiger partial charge in [0.25, 0.3) is 0 Å². The van der Waals surface area contributed by atoms with Crippen molar-refractivity contribution in [2.75, 3.05) is 14.1 Å². The Balaban J connectivity index is 2.15. The fraction of sp³-hybridized carbons (Fsp3) is 0.455. The van der Waals surface area contributed by atoms with E-state index in [1.54, 1.807) is 28.7 Å². The minimum atomic E-state index is -3.08. The van der Waals surface area contributed by atoms with Gasteiger partial charge < -0.3 is 33.1 Å². The predicted molar refractivity (Wildman–Crippen MR) is 141 cm³/mol.